The topological polar surface area (TPSA) is 40.5 Å². The van der Waals surface area contributed by atoms with Crippen LogP contribution in [0.2, 0.25) is 0 Å². The Balaban J connectivity index is 2.22. The van der Waals surface area contributed by atoms with Gasteiger partial charge >= 0.3 is 5.97 Å². The monoisotopic (exact) mass is 267 g/mol. The summed E-state index contributed by atoms with van der Waals surface area (Å²) < 4.78 is 0. The van der Waals surface area contributed by atoms with Crippen molar-refractivity contribution in [1.82, 2.24) is 4.90 Å². The largest absolute Gasteiger partial charge is 0.480 e. The molecule has 1 aliphatic heterocycles. The molecule has 1 aromatic heterocycles. The maximum Gasteiger partial charge on any atom is 0.320 e. The molecule has 0 aromatic carbocycles. The maximum atomic E-state index is 11.4. The number of nitrogens with zero attached hydrogens (tertiary/aromatic N) is 1. The van der Waals surface area contributed by atoms with Crippen molar-refractivity contribution >= 4 is 17.3 Å². The molecule has 2 atom stereocenters. The Kier molecular flexibility index (Phi) is 4.40. The van der Waals surface area contributed by atoms with E-state index in [-0.39, 0.29) is 12.1 Å². The van der Waals surface area contributed by atoms with Crippen molar-refractivity contribution in [2.24, 2.45) is 0 Å². The second-order valence-electron chi connectivity index (χ2n) is 5.09. The Labute approximate surface area is 112 Å². The first-order valence-corrected chi connectivity index (χ1v) is 7.51. The number of hydrogen-bond acceptors (Lipinski definition) is 3. The van der Waals surface area contributed by atoms with Crippen LogP contribution < -0.4 is 0 Å². The van der Waals surface area contributed by atoms with Crippen molar-refractivity contribution in [2.45, 2.75) is 51.6 Å². The van der Waals surface area contributed by atoms with Crippen LogP contribution in [0.3, 0.4) is 0 Å². The molecule has 1 aliphatic rings. The maximum absolute atomic E-state index is 11.4. The molecule has 3 nitrogen and oxygen atoms in total. The highest BCUT2D eigenvalue weighted by Crippen LogP contribution is 2.32. The number of carbonyl (C=O) groups is 1. The zero-order valence-electron chi connectivity index (χ0n) is 11.1. The third-order valence-corrected chi connectivity index (χ3v) is 5.05. The van der Waals surface area contributed by atoms with E-state index in [1.807, 2.05) is 0 Å². The molecule has 1 fully saturated rings. The summed E-state index contributed by atoms with van der Waals surface area (Å²) in [7, 11) is 0. The zero-order chi connectivity index (χ0) is 13.1. The van der Waals surface area contributed by atoms with Crippen molar-refractivity contribution in [3.05, 3.63) is 21.9 Å². The summed E-state index contributed by atoms with van der Waals surface area (Å²) in [6.45, 7) is 5.14. The smallest absolute Gasteiger partial charge is 0.320 e. The van der Waals surface area contributed by atoms with Crippen molar-refractivity contribution in [2.75, 3.05) is 6.54 Å². The van der Waals surface area contributed by atoms with E-state index in [0.29, 0.717) is 0 Å². The summed E-state index contributed by atoms with van der Waals surface area (Å²) in [5.41, 5.74) is 1.28. The van der Waals surface area contributed by atoms with E-state index < -0.39 is 5.97 Å². The summed E-state index contributed by atoms with van der Waals surface area (Å²) in [6.07, 6.45) is 4.07. The van der Waals surface area contributed by atoms with E-state index in [9.17, 15) is 9.90 Å². The molecule has 2 rings (SSSR count). The third-order valence-electron chi connectivity index (χ3n) is 3.86. The molecule has 0 bridgehead atoms. The molecule has 0 saturated carbocycles. The van der Waals surface area contributed by atoms with E-state index in [4.69, 9.17) is 0 Å². The standard InChI is InChI=1S/C14H21NO2S/c1-10-7-9-18-13(10)11(2)15-8-5-3-4-6-12(15)14(16)17/h7,9,11-12H,3-6,8H2,1-2H3,(H,16,17). The van der Waals surface area contributed by atoms with Gasteiger partial charge in [-0.3, -0.25) is 9.69 Å². The molecule has 0 amide bonds. The first kappa shape index (κ1) is 13.6. The fourth-order valence-electron chi connectivity index (χ4n) is 2.82. The van der Waals surface area contributed by atoms with E-state index in [0.717, 1.165) is 32.2 Å². The lowest BCUT2D eigenvalue weighted by Gasteiger charge is -2.32. The number of hydrogen-bond donors (Lipinski definition) is 1. The number of likely N-dealkylation sites (tertiary alicyclic amines) is 1. The average molecular weight is 267 g/mol. The van der Waals surface area contributed by atoms with E-state index in [1.165, 1.54) is 10.4 Å². The van der Waals surface area contributed by atoms with Gasteiger partial charge in [-0.2, -0.15) is 0 Å². The van der Waals surface area contributed by atoms with E-state index in [2.05, 4.69) is 30.2 Å². The minimum absolute atomic E-state index is 0.212. The van der Waals surface area contributed by atoms with Crippen LogP contribution in [-0.4, -0.2) is 28.6 Å². The van der Waals surface area contributed by atoms with Crippen molar-refractivity contribution in [1.29, 1.82) is 0 Å². The van der Waals surface area contributed by atoms with Crippen molar-refractivity contribution in [3.63, 3.8) is 0 Å². The molecule has 2 unspecified atom stereocenters. The van der Waals surface area contributed by atoms with E-state index in [1.54, 1.807) is 11.3 Å². The predicted octanol–water partition coefficient (Wildman–Crippen LogP) is 3.45. The Morgan fingerprint density at radius 3 is 2.89 bits per heavy atom. The SMILES string of the molecule is Cc1ccsc1C(C)N1CCCCCC1C(=O)O. The van der Waals surface area contributed by atoms with Gasteiger partial charge in [0.25, 0.3) is 0 Å². The number of aryl methyl sites for hydroxylation is 1. The highest BCUT2D eigenvalue weighted by atomic mass is 32.1. The first-order valence-electron chi connectivity index (χ1n) is 6.64. The molecule has 2 heterocycles. The second kappa shape index (κ2) is 5.85. The lowest BCUT2D eigenvalue weighted by atomic mass is 10.1. The van der Waals surface area contributed by atoms with E-state index >= 15 is 0 Å². The zero-order valence-corrected chi connectivity index (χ0v) is 11.9. The van der Waals surface area contributed by atoms with Gasteiger partial charge in [-0.1, -0.05) is 12.8 Å². The molecule has 100 valence electrons. The van der Waals surface area contributed by atoms with Crippen molar-refractivity contribution < 1.29 is 9.90 Å². The molecule has 1 N–H and O–H groups in total. The Morgan fingerprint density at radius 2 is 2.28 bits per heavy atom. The number of aliphatic carboxylic acids is 1. The van der Waals surface area contributed by atoms with Crippen LogP contribution in [0.5, 0.6) is 0 Å². The molecule has 4 heteroatoms. The van der Waals surface area contributed by atoms with Crippen LogP contribution in [-0.2, 0) is 4.79 Å². The fraction of sp³-hybridized carbons (Fsp3) is 0.643. The Bertz CT molecular complexity index is 416. The lowest BCUT2D eigenvalue weighted by Crippen LogP contribution is -2.42. The van der Waals surface area contributed by atoms with Gasteiger partial charge in [-0.25, -0.2) is 0 Å². The quantitative estimate of drug-likeness (QED) is 0.912. The molecular formula is C14H21NO2S. The molecule has 0 aliphatic carbocycles. The van der Waals surface area contributed by atoms with Crippen LogP contribution >= 0.6 is 11.3 Å². The third kappa shape index (κ3) is 2.75. The Morgan fingerprint density at radius 1 is 1.50 bits per heavy atom. The summed E-state index contributed by atoms with van der Waals surface area (Å²) >= 11 is 1.74. The van der Waals surface area contributed by atoms with Crippen LogP contribution in [0.4, 0.5) is 0 Å². The van der Waals surface area contributed by atoms with Crippen LogP contribution in [0, 0.1) is 6.92 Å². The summed E-state index contributed by atoms with van der Waals surface area (Å²) in [4.78, 5) is 14.9. The summed E-state index contributed by atoms with van der Waals surface area (Å²) in [6, 6.07) is 2.01. The van der Waals surface area contributed by atoms with Gasteiger partial charge in [-0.15, -0.1) is 11.3 Å². The highest BCUT2D eigenvalue weighted by Gasteiger charge is 2.31. The summed E-state index contributed by atoms with van der Waals surface area (Å²) in [5, 5.41) is 11.5. The van der Waals surface area contributed by atoms with Crippen LogP contribution in [0.15, 0.2) is 11.4 Å². The van der Waals surface area contributed by atoms with Gasteiger partial charge < -0.3 is 5.11 Å². The van der Waals surface area contributed by atoms with Crippen LogP contribution in [0.1, 0.15) is 49.1 Å². The molecule has 1 saturated heterocycles. The van der Waals surface area contributed by atoms with Gasteiger partial charge in [-0.05, 0) is 50.2 Å². The molecule has 0 radical (unpaired) electrons. The average Bonchev–Trinajstić information content (AvgIpc) is 2.63. The van der Waals surface area contributed by atoms with Gasteiger partial charge in [0.15, 0.2) is 0 Å². The molecule has 1 aromatic rings. The summed E-state index contributed by atoms with van der Waals surface area (Å²) in [5.74, 6) is -0.669. The number of thiophene rings is 1. The Hall–Kier alpha value is -0.870. The first-order chi connectivity index (χ1) is 8.61. The highest BCUT2D eigenvalue weighted by molar-refractivity contribution is 7.10. The molecular weight excluding hydrogens is 246 g/mol. The minimum atomic E-state index is -0.669. The van der Waals surface area contributed by atoms with Gasteiger partial charge in [0.1, 0.15) is 6.04 Å². The van der Waals surface area contributed by atoms with Crippen LogP contribution in [0.25, 0.3) is 0 Å². The molecule has 18 heavy (non-hydrogen) atoms. The number of rotatable bonds is 3. The number of carboxylic acid groups (broad SMARTS) is 1. The van der Waals surface area contributed by atoms with Gasteiger partial charge in [0.2, 0.25) is 0 Å². The molecule has 0 spiro atoms. The number of carboxylic acids is 1. The fourth-order valence-corrected chi connectivity index (χ4v) is 3.83. The minimum Gasteiger partial charge on any atom is -0.480 e. The van der Waals surface area contributed by atoms with Crippen molar-refractivity contribution in [3.8, 4) is 0 Å². The normalized spacial score (nSPS) is 23.6. The second-order valence-corrected chi connectivity index (χ2v) is 6.03. The lowest BCUT2D eigenvalue weighted by molar-refractivity contribution is -0.144. The van der Waals surface area contributed by atoms with Gasteiger partial charge in [0.05, 0.1) is 0 Å². The van der Waals surface area contributed by atoms with Gasteiger partial charge in [0, 0.05) is 10.9 Å². The predicted molar refractivity (Wildman–Crippen MR) is 74.1 cm³/mol.